The molecule has 1 atom stereocenters. The zero-order chi connectivity index (χ0) is 19.2. The highest BCUT2D eigenvalue weighted by molar-refractivity contribution is 8.01. The van der Waals surface area contributed by atoms with Crippen molar-refractivity contribution >= 4 is 45.5 Å². The third-order valence-corrected chi connectivity index (χ3v) is 6.02. The highest BCUT2D eigenvalue weighted by atomic mass is 35.5. The molecule has 2 aromatic heterocycles. The summed E-state index contributed by atoms with van der Waals surface area (Å²) in [6, 6.07) is 7.60. The molecular weight excluding hydrogens is 406 g/mol. The molecule has 0 amide bonds. The van der Waals surface area contributed by atoms with E-state index in [-0.39, 0.29) is 6.61 Å². The summed E-state index contributed by atoms with van der Waals surface area (Å²) >= 11 is 9.17. The van der Waals surface area contributed by atoms with Gasteiger partial charge in [-0.05, 0) is 43.2 Å². The average Bonchev–Trinajstić information content (AvgIpc) is 3.28. The number of benzene rings is 1. The van der Waals surface area contributed by atoms with Gasteiger partial charge in [-0.15, -0.1) is 10.2 Å². The Morgan fingerprint density at radius 1 is 1.37 bits per heavy atom. The summed E-state index contributed by atoms with van der Waals surface area (Å²) in [5.41, 5.74) is 3.00. The van der Waals surface area contributed by atoms with E-state index in [0.717, 1.165) is 26.9 Å². The summed E-state index contributed by atoms with van der Waals surface area (Å²) < 4.78 is 11.4. The Bertz CT molecular complexity index is 848. The number of rotatable bonds is 9. The Morgan fingerprint density at radius 2 is 2.22 bits per heavy atom. The van der Waals surface area contributed by atoms with E-state index in [4.69, 9.17) is 20.8 Å². The first-order valence-electron chi connectivity index (χ1n) is 8.29. The first-order valence-corrected chi connectivity index (χ1v) is 10.5. The van der Waals surface area contributed by atoms with E-state index in [0.29, 0.717) is 22.5 Å². The summed E-state index contributed by atoms with van der Waals surface area (Å²) in [7, 11) is 0. The SMILES string of the molecule is Cc1cc(C)c(Nc2nnc(SCC(O)COCc3ccco3)s2)c(Cl)c1. The summed E-state index contributed by atoms with van der Waals surface area (Å²) in [4.78, 5) is 0. The fourth-order valence-corrected chi connectivity index (χ4v) is 4.46. The normalized spacial score (nSPS) is 12.3. The van der Waals surface area contributed by atoms with Gasteiger partial charge in [0.15, 0.2) is 4.34 Å². The first kappa shape index (κ1) is 20.2. The van der Waals surface area contributed by atoms with E-state index < -0.39 is 6.10 Å². The van der Waals surface area contributed by atoms with Gasteiger partial charge < -0.3 is 19.6 Å². The predicted molar refractivity (Wildman–Crippen MR) is 109 cm³/mol. The molecule has 6 nitrogen and oxygen atoms in total. The number of halogens is 1. The van der Waals surface area contributed by atoms with Crippen molar-refractivity contribution in [3.05, 3.63) is 52.4 Å². The number of aromatic nitrogens is 2. The highest BCUT2D eigenvalue weighted by Gasteiger charge is 2.12. The van der Waals surface area contributed by atoms with Crippen LogP contribution in [0.4, 0.5) is 10.8 Å². The van der Waals surface area contributed by atoms with Gasteiger partial charge in [-0.3, -0.25) is 0 Å². The van der Waals surface area contributed by atoms with Gasteiger partial charge in [0.05, 0.1) is 29.7 Å². The minimum Gasteiger partial charge on any atom is -0.467 e. The molecule has 0 aliphatic rings. The van der Waals surface area contributed by atoms with Gasteiger partial charge in [0, 0.05) is 5.75 Å². The second kappa shape index (κ2) is 9.57. The van der Waals surface area contributed by atoms with Crippen molar-refractivity contribution in [2.24, 2.45) is 0 Å². The quantitative estimate of drug-likeness (QED) is 0.476. The maximum absolute atomic E-state index is 10.0. The minimum atomic E-state index is -0.598. The maximum Gasteiger partial charge on any atom is 0.210 e. The Kier molecular flexibility index (Phi) is 7.14. The zero-order valence-corrected chi connectivity index (χ0v) is 17.3. The number of aryl methyl sites for hydroxylation is 2. The van der Waals surface area contributed by atoms with Gasteiger partial charge >= 0.3 is 0 Å². The van der Waals surface area contributed by atoms with Crippen molar-refractivity contribution in [2.45, 2.75) is 30.9 Å². The van der Waals surface area contributed by atoms with Crippen molar-refractivity contribution < 1.29 is 14.3 Å². The van der Waals surface area contributed by atoms with E-state index in [2.05, 4.69) is 21.6 Å². The number of anilines is 2. The van der Waals surface area contributed by atoms with E-state index in [1.165, 1.54) is 23.1 Å². The lowest BCUT2D eigenvalue weighted by atomic mass is 10.1. The van der Waals surface area contributed by atoms with Crippen molar-refractivity contribution in [3.8, 4) is 0 Å². The van der Waals surface area contributed by atoms with Crippen LogP contribution >= 0.6 is 34.7 Å². The largest absolute Gasteiger partial charge is 0.467 e. The van der Waals surface area contributed by atoms with Crippen LogP contribution in [0.2, 0.25) is 5.02 Å². The number of ether oxygens (including phenoxy) is 1. The molecule has 27 heavy (non-hydrogen) atoms. The number of aliphatic hydroxyl groups is 1. The van der Waals surface area contributed by atoms with Crippen molar-refractivity contribution in [2.75, 3.05) is 17.7 Å². The number of furan rings is 1. The van der Waals surface area contributed by atoms with E-state index in [1.807, 2.05) is 26.0 Å². The van der Waals surface area contributed by atoms with Crippen LogP contribution in [0.5, 0.6) is 0 Å². The number of hydrogen-bond acceptors (Lipinski definition) is 8. The van der Waals surface area contributed by atoms with Crippen LogP contribution in [0.15, 0.2) is 39.3 Å². The van der Waals surface area contributed by atoms with Crippen LogP contribution < -0.4 is 5.32 Å². The molecule has 0 saturated carbocycles. The molecule has 144 valence electrons. The molecule has 1 unspecified atom stereocenters. The molecule has 1 aromatic carbocycles. The highest BCUT2D eigenvalue weighted by Crippen LogP contribution is 2.33. The lowest BCUT2D eigenvalue weighted by Crippen LogP contribution is -2.17. The van der Waals surface area contributed by atoms with Crippen LogP contribution in [0, 0.1) is 13.8 Å². The fourth-order valence-electron chi connectivity index (χ4n) is 2.41. The van der Waals surface area contributed by atoms with E-state index >= 15 is 0 Å². The second-order valence-electron chi connectivity index (χ2n) is 6.00. The summed E-state index contributed by atoms with van der Waals surface area (Å²) in [5, 5.41) is 22.9. The summed E-state index contributed by atoms with van der Waals surface area (Å²) in [5.74, 6) is 1.21. The molecule has 0 spiro atoms. The molecule has 2 heterocycles. The zero-order valence-electron chi connectivity index (χ0n) is 14.9. The van der Waals surface area contributed by atoms with Crippen LogP contribution in [0.1, 0.15) is 16.9 Å². The van der Waals surface area contributed by atoms with Gasteiger partial charge in [0.2, 0.25) is 5.13 Å². The molecule has 9 heteroatoms. The Balaban J connectivity index is 1.46. The lowest BCUT2D eigenvalue weighted by molar-refractivity contribution is 0.0328. The van der Waals surface area contributed by atoms with Crippen molar-refractivity contribution in [3.63, 3.8) is 0 Å². The van der Waals surface area contributed by atoms with Gasteiger partial charge in [-0.2, -0.15) is 0 Å². The van der Waals surface area contributed by atoms with Crippen molar-refractivity contribution in [1.29, 1.82) is 0 Å². The molecule has 0 aliphatic carbocycles. The van der Waals surface area contributed by atoms with Crippen LogP contribution in [-0.4, -0.2) is 33.8 Å². The Labute approximate surface area is 170 Å². The molecule has 0 radical (unpaired) electrons. The summed E-state index contributed by atoms with van der Waals surface area (Å²) in [6.07, 6.45) is 0.996. The summed E-state index contributed by atoms with van der Waals surface area (Å²) in [6.45, 7) is 4.58. The molecule has 3 rings (SSSR count). The number of nitrogens with zero attached hydrogens (tertiary/aromatic N) is 2. The van der Waals surface area contributed by atoms with Crippen molar-refractivity contribution in [1.82, 2.24) is 10.2 Å². The van der Waals surface area contributed by atoms with Gasteiger partial charge in [-0.1, -0.05) is 40.8 Å². The molecule has 2 N–H and O–H groups in total. The number of nitrogens with one attached hydrogen (secondary N) is 1. The predicted octanol–water partition coefficient (Wildman–Crippen LogP) is 4.81. The number of hydrogen-bond donors (Lipinski definition) is 2. The van der Waals surface area contributed by atoms with Crippen LogP contribution in [0.3, 0.4) is 0 Å². The maximum atomic E-state index is 10.0. The molecule has 0 aliphatic heterocycles. The third kappa shape index (κ3) is 5.95. The molecule has 3 aromatic rings. The molecule has 0 saturated heterocycles. The van der Waals surface area contributed by atoms with Crippen LogP contribution in [-0.2, 0) is 11.3 Å². The standard InChI is InChI=1S/C18H20ClN3O3S2/c1-11-6-12(2)16(15(19)7-11)20-17-21-22-18(27-17)26-10-13(23)8-24-9-14-4-3-5-25-14/h3-7,13,23H,8-10H2,1-2H3,(H,20,21). The van der Waals surface area contributed by atoms with Crippen LogP contribution in [0.25, 0.3) is 0 Å². The first-order chi connectivity index (χ1) is 13.0. The van der Waals surface area contributed by atoms with Gasteiger partial charge in [-0.25, -0.2) is 0 Å². The number of thioether (sulfide) groups is 1. The van der Waals surface area contributed by atoms with Gasteiger partial charge in [0.1, 0.15) is 12.4 Å². The Hall–Kier alpha value is -1.58. The smallest absolute Gasteiger partial charge is 0.210 e. The average molecular weight is 426 g/mol. The topological polar surface area (TPSA) is 80.4 Å². The fraction of sp³-hybridized carbons (Fsp3) is 0.333. The Morgan fingerprint density at radius 3 is 2.96 bits per heavy atom. The minimum absolute atomic E-state index is 0.232. The third-order valence-electron chi connectivity index (χ3n) is 3.60. The molecular formula is C18H20ClN3O3S2. The second-order valence-corrected chi connectivity index (χ2v) is 8.65. The molecule has 0 fully saturated rings. The number of aliphatic hydroxyl groups excluding tert-OH is 1. The lowest BCUT2D eigenvalue weighted by Gasteiger charge is -2.10. The monoisotopic (exact) mass is 425 g/mol. The van der Waals surface area contributed by atoms with Gasteiger partial charge in [0.25, 0.3) is 0 Å². The van der Waals surface area contributed by atoms with E-state index in [9.17, 15) is 5.11 Å². The van der Waals surface area contributed by atoms with E-state index in [1.54, 1.807) is 12.3 Å². The molecule has 0 bridgehead atoms.